The standard InChI is InChI=1S/C15H17N3O3S2/c1-3-12-14(21)18(15(22)23-12)8-13(20)17-11-6-4-10(5-7-11)16-9(2)19/h4-7,12H,3,8H2,1-2H3,(H,16,19)(H,17,20). The predicted molar refractivity (Wildman–Crippen MR) is 95.4 cm³/mol. The Kier molecular flexibility index (Phi) is 5.73. The summed E-state index contributed by atoms with van der Waals surface area (Å²) in [4.78, 5) is 36.4. The van der Waals surface area contributed by atoms with Crippen molar-refractivity contribution in [3.8, 4) is 0 Å². The topological polar surface area (TPSA) is 78.5 Å². The fraction of sp³-hybridized carbons (Fsp3) is 0.333. The minimum Gasteiger partial charge on any atom is -0.326 e. The first-order valence-corrected chi connectivity index (χ1v) is 8.39. The molecule has 1 aromatic rings. The molecule has 6 nitrogen and oxygen atoms in total. The highest BCUT2D eigenvalue weighted by molar-refractivity contribution is 8.24. The highest BCUT2D eigenvalue weighted by Crippen LogP contribution is 2.29. The van der Waals surface area contributed by atoms with Gasteiger partial charge in [-0.1, -0.05) is 30.9 Å². The zero-order valence-electron chi connectivity index (χ0n) is 12.8. The molecular formula is C15H17N3O3S2. The summed E-state index contributed by atoms with van der Waals surface area (Å²) in [6, 6.07) is 6.73. The molecule has 8 heteroatoms. The lowest BCUT2D eigenvalue weighted by molar-refractivity contribution is -0.129. The van der Waals surface area contributed by atoms with Gasteiger partial charge in [-0.2, -0.15) is 0 Å². The van der Waals surface area contributed by atoms with Crippen LogP contribution in [0.5, 0.6) is 0 Å². The van der Waals surface area contributed by atoms with E-state index in [0.29, 0.717) is 22.1 Å². The average molecular weight is 351 g/mol. The van der Waals surface area contributed by atoms with Crippen molar-refractivity contribution in [3.63, 3.8) is 0 Å². The number of carbonyl (C=O) groups is 3. The van der Waals surface area contributed by atoms with E-state index in [-0.39, 0.29) is 29.5 Å². The number of rotatable bonds is 5. The van der Waals surface area contributed by atoms with Gasteiger partial charge < -0.3 is 10.6 Å². The summed E-state index contributed by atoms with van der Waals surface area (Å²) in [6.07, 6.45) is 0.687. The van der Waals surface area contributed by atoms with E-state index in [1.165, 1.54) is 23.6 Å². The number of hydrogen-bond acceptors (Lipinski definition) is 5. The van der Waals surface area contributed by atoms with Gasteiger partial charge in [-0.3, -0.25) is 19.3 Å². The van der Waals surface area contributed by atoms with Crippen LogP contribution in [0.25, 0.3) is 0 Å². The zero-order chi connectivity index (χ0) is 17.0. The van der Waals surface area contributed by atoms with Crippen LogP contribution >= 0.6 is 24.0 Å². The van der Waals surface area contributed by atoms with Crippen LogP contribution in [0.4, 0.5) is 11.4 Å². The van der Waals surface area contributed by atoms with Gasteiger partial charge in [0.1, 0.15) is 10.9 Å². The maximum absolute atomic E-state index is 12.1. The van der Waals surface area contributed by atoms with E-state index in [9.17, 15) is 14.4 Å². The van der Waals surface area contributed by atoms with Crippen LogP contribution in [0.2, 0.25) is 0 Å². The summed E-state index contributed by atoms with van der Waals surface area (Å²) in [5.74, 6) is -0.588. The molecular weight excluding hydrogens is 334 g/mol. The number of nitrogens with zero attached hydrogens (tertiary/aromatic N) is 1. The maximum Gasteiger partial charge on any atom is 0.244 e. The molecule has 3 amide bonds. The van der Waals surface area contributed by atoms with Gasteiger partial charge in [0.15, 0.2) is 0 Å². The van der Waals surface area contributed by atoms with E-state index in [1.807, 2.05) is 6.92 Å². The molecule has 0 aromatic heterocycles. The molecule has 1 aromatic carbocycles. The zero-order valence-corrected chi connectivity index (χ0v) is 14.4. The number of nitrogens with one attached hydrogen (secondary N) is 2. The summed E-state index contributed by atoms with van der Waals surface area (Å²) in [5, 5.41) is 5.16. The number of thiocarbonyl (C=S) groups is 1. The Morgan fingerprint density at radius 2 is 1.78 bits per heavy atom. The monoisotopic (exact) mass is 351 g/mol. The van der Waals surface area contributed by atoms with Crippen LogP contribution in [0.3, 0.4) is 0 Å². The first kappa shape index (κ1) is 17.4. The average Bonchev–Trinajstić information content (AvgIpc) is 2.76. The summed E-state index contributed by atoms with van der Waals surface area (Å²) in [7, 11) is 0. The van der Waals surface area contributed by atoms with E-state index in [1.54, 1.807) is 24.3 Å². The highest BCUT2D eigenvalue weighted by Gasteiger charge is 2.36. The minimum atomic E-state index is -0.315. The molecule has 0 bridgehead atoms. The van der Waals surface area contributed by atoms with E-state index >= 15 is 0 Å². The molecule has 0 saturated carbocycles. The van der Waals surface area contributed by atoms with Crippen molar-refractivity contribution in [3.05, 3.63) is 24.3 Å². The van der Waals surface area contributed by atoms with Crippen LogP contribution in [0.1, 0.15) is 20.3 Å². The Labute approximate surface area is 144 Å². The SMILES string of the molecule is CCC1SC(=S)N(CC(=O)Nc2ccc(NC(C)=O)cc2)C1=O. The first-order chi connectivity index (χ1) is 10.9. The van der Waals surface area contributed by atoms with Crippen molar-refractivity contribution in [2.75, 3.05) is 17.2 Å². The lowest BCUT2D eigenvalue weighted by Gasteiger charge is -2.15. The number of hydrogen-bond donors (Lipinski definition) is 2. The Balaban J connectivity index is 1.93. The third kappa shape index (κ3) is 4.52. The van der Waals surface area contributed by atoms with Crippen molar-refractivity contribution < 1.29 is 14.4 Å². The van der Waals surface area contributed by atoms with Crippen LogP contribution in [-0.2, 0) is 14.4 Å². The Bertz CT molecular complexity index is 646. The number of benzene rings is 1. The van der Waals surface area contributed by atoms with Crippen LogP contribution in [0.15, 0.2) is 24.3 Å². The summed E-state index contributed by atoms with van der Waals surface area (Å²) >= 11 is 6.47. The van der Waals surface area contributed by atoms with Crippen molar-refractivity contribution in [2.45, 2.75) is 25.5 Å². The van der Waals surface area contributed by atoms with Gasteiger partial charge in [0.25, 0.3) is 0 Å². The molecule has 1 fully saturated rings. The molecule has 2 rings (SSSR count). The molecule has 23 heavy (non-hydrogen) atoms. The molecule has 1 atom stereocenters. The molecule has 1 aliphatic heterocycles. The minimum absolute atomic E-state index is 0.0887. The Morgan fingerprint density at radius 1 is 1.22 bits per heavy atom. The highest BCUT2D eigenvalue weighted by atomic mass is 32.2. The lowest BCUT2D eigenvalue weighted by atomic mass is 10.2. The van der Waals surface area contributed by atoms with E-state index in [2.05, 4.69) is 10.6 Å². The van der Waals surface area contributed by atoms with Crippen molar-refractivity contribution in [1.82, 2.24) is 4.90 Å². The van der Waals surface area contributed by atoms with Gasteiger partial charge in [-0.25, -0.2) is 0 Å². The smallest absolute Gasteiger partial charge is 0.244 e. The van der Waals surface area contributed by atoms with Crippen LogP contribution < -0.4 is 10.6 Å². The number of anilines is 2. The molecule has 0 spiro atoms. The molecule has 1 heterocycles. The van der Waals surface area contributed by atoms with E-state index in [0.717, 1.165) is 0 Å². The molecule has 122 valence electrons. The maximum atomic E-state index is 12.1. The molecule has 0 aliphatic carbocycles. The first-order valence-electron chi connectivity index (χ1n) is 7.10. The Morgan fingerprint density at radius 3 is 2.26 bits per heavy atom. The van der Waals surface area contributed by atoms with E-state index < -0.39 is 0 Å². The quantitative estimate of drug-likeness (QED) is 0.796. The van der Waals surface area contributed by atoms with E-state index in [4.69, 9.17) is 12.2 Å². The fourth-order valence-electron chi connectivity index (χ4n) is 2.08. The second-order valence-corrected chi connectivity index (χ2v) is 6.85. The normalized spacial score (nSPS) is 17.3. The van der Waals surface area contributed by atoms with Crippen LogP contribution in [0, 0.1) is 0 Å². The Hall–Kier alpha value is -1.93. The lowest BCUT2D eigenvalue weighted by Crippen LogP contribution is -2.38. The summed E-state index contributed by atoms with van der Waals surface area (Å²) < 4.78 is 0.443. The number of thioether (sulfide) groups is 1. The second-order valence-electron chi connectivity index (χ2n) is 5.01. The molecule has 0 radical (unpaired) electrons. The second kappa shape index (κ2) is 7.56. The van der Waals surface area contributed by atoms with Crippen molar-refractivity contribution >= 4 is 57.4 Å². The predicted octanol–water partition coefficient (Wildman–Crippen LogP) is 2.22. The summed E-state index contributed by atoms with van der Waals surface area (Å²) in [5.41, 5.74) is 1.23. The fourth-order valence-corrected chi connectivity index (χ4v) is 3.51. The molecule has 2 N–H and O–H groups in total. The third-order valence-electron chi connectivity index (χ3n) is 3.17. The van der Waals surface area contributed by atoms with Crippen molar-refractivity contribution in [1.29, 1.82) is 0 Å². The molecule has 1 unspecified atom stereocenters. The number of amides is 3. The molecule has 1 aliphatic rings. The third-order valence-corrected chi connectivity index (χ3v) is 4.92. The van der Waals surface area contributed by atoms with Gasteiger partial charge in [0, 0.05) is 18.3 Å². The van der Waals surface area contributed by atoms with Gasteiger partial charge in [-0.15, -0.1) is 0 Å². The summed E-state index contributed by atoms with van der Waals surface area (Å²) in [6.45, 7) is 3.25. The van der Waals surface area contributed by atoms with Gasteiger partial charge >= 0.3 is 0 Å². The van der Waals surface area contributed by atoms with Crippen molar-refractivity contribution in [2.24, 2.45) is 0 Å². The van der Waals surface area contributed by atoms with Crippen LogP contribution in [-0.4, -0.2) is 38.7 Å². The van der Waals surface area contributed by atoms with Gasteiger partial charge in [0.2, 0.25) is 17.7 Å². The van der Waals surface area contributed by atoms with Gasteiger partial charge in [-0.05, 0) is 30.7 Å². The molecule has 1 saturated heterocycles. The van der Waals surface area contributed by atoms with Gasteiger partial charge in [0.05, 0.1) is 5.25 Å². The number of carbonyl (C=O) groups excluding carboxylic acids is 3. The largest absolute Gasteiger partial charge is 0.326 e.